The second kappa shape index (κ2) is 6.91. The quantitative estimate of drug-likeness (QED) is 0.642. The van der Waals surface area contributed by atoms with Crippen molar-refractivity contribution in [3.63, 3.8) is 0 Å². The molecule has 1 N–H and O–H groups in total. The van der Waals surface area contributed by atoms with Gasteiger partial charge in [0.1, 0.15) is 10.5 Å². The molecule has 1 amide bonds. The van der Waals surface area contributed by atoms with E-state index in [9.17, 15) is 9.59 Å². The third-order valence-corrected chi connectivity index (χ3v) is 4.57. The van der Waals surface area contributed by atoms with Gasteiger partial charge >= 0.3 is 5.97 Å². The Hall–Kier alpha value is -1.60. The summed E-state index contributed by atoms with van der Waals surface area (Å²) in [6.07, 6.45) is 1.65. The summed E-state index contributed by atoms with van der Waals surface area (Å²) in [6.45, 7) is 0.151. The first-order valence-electron chi connectivity index (χ1n) is 6.25. The summed E-state index contributed by atoms with van der Waals surface area (Å²) >= 11 is 5.63. The minimum absolute atomic E-state index is 0.0920. The molecule has 0 radical (unpaired) electrons. The van der Waals surface area contributed by atoms with Crippen LogP contribution in [0.3, 0.4) is 0 Å². The van der Waals surface area contributed by atoms with Gasteiger partial charge in [0.05, 0.1) is 18.4 Å². The van der Waals surface area contributed by atoms with Crippen LogP contribution in [0, 0.1) is 0 Å². The summed E-state index contributed by atoms with van der Waals surface area (Å²) in [5, 5.41) is 8.71. The van der Waals surface area contributed by atoms with E-state index in [1.165, 1.54) is 16.7 Å². The maximum atomic E-state index is 12.3. The zero-order valence-corrected chi connectivity index (χ0v) is 13.1. The highest BCUT2D eigenvalue weighted by Crippen LogP contribution is 2.38. The van der Waals surface area contributed by atoms with E-state index in [1.54, 1.807) is 13.2 Å². The molecule has 0 bridgehead atoms. The van der Waals surface area contributed by atoms with Crippen LogP contribution >= 0.6 is 24.4 Å². The van der Waals surface area contributed by atoms with Crippen molar-refractivity contribution < 1.29 is 19.4 Å². The average Bonchev–Trinajstić information content (AvgIpc) is 2.72. The molecular formula is C14H15NO4S2. The predicted molar refractivity (Wildman–Crippen MR) is 85.3 cm³/mol. The van der Waals surface area contributed by atoms with Gasteiger partial charge in [-0.3, -0.25) is 9.59 Å². The molecule has 112 valence electrons. The summed E-state index contributed by atoms with van der Waals surface area (Å²) < 4.78 is 4.88. The zero-order valence-electron chi connectivity index (χ0n) is 11.4. The number of thiol groups is 1. The van der Waals surface area contributed by atoms with Crippen LogP contribution in [0.25, 0.3) is 6.08 Å². The molecule has 0 saturated carbocycles. The normalized spacial score (nSPS) is 20.1. The number of hydrogen-bond donors (Lipinski definition) is 2. The number of benzene rings is 1. The Balaban J connectivity index is 2.19. The van der Waals surface area contributed by atoms with E-state index in [2.05, 4.69) is 12.6 Å². The van der Waals surface area contributed by atoms with E-state index < -0.39 is 5.97 Å². The van der Waals surface area contributed by atoms with Gasteiger partial charge in [-0.05, 0) is 12.1 Å². The number of aliphatic carboxylic acids is 1. The number of ether oxygens (including phenoxy) is 1. The minimum Gasteiger partial charge on any atom is -0.496 e. The average molecular weight is 325 g/mol. The van der Waals surface area contributed by atoms with E-state index >= 15 is 0 Å². The van der Waals surface area contributed by atoms with Crippen LogP contribution in [0.1, 0.15) is 12.0 Å². The fourth-order valence-corrected chi connectivity index (χ4v) is 3.45. The molecular weight excluding hydrogens is 310 g/mol. The first-order valence-corrected chi connectivity index (χ1v) is 7.64. The fourth-order valence-electron chi connectivity index (χ4n) is 1.92. The van der Waals surface area contributed by atoms with E-state index in [0.29, 0.717) is 10.7 Å². The number of methoxy groups -OCH3 is 1. The largest absolute Gasteiger partial charge is 0.496 e. The van der Waals surface area contributed by atoms with E-state index in [4.69, 9.17) is 9.84 Å². The van der Waals surface area contributed by atoms with Crippen LogP contribution in [-0.4, -0.2) is 40.2 Å². The Morgan fingerprint density at radius 1 is 1.52 bits per heavy atom. The maximum absolute atomic E-state index is 12.3. The smallest absolute Gasteiger partial charge is 0.305 e. The van der Waals surface area contributed by atoms with Crippen LogP contribution in [-0.2, 0) is 9.59 Å². The maximum Gasteiger partial charge on any atom is 0.305 e. The summed E-state index contributed by atoms with van der Waals surface area (Å²) in [4.78, 5) is 24.9. The number of carbonyl (C=O) groups is 2. The second-order valence-corrected chi connectivity index (χ2v) is 6.30. The number of carboxylic acids is 1. The van der Waals surface area contributed by atoms with E-state index in [0.717, 1.165) is 5.56 Å². The van der Waals surface area contributed by atoms with Gasteiger partial charge in [-0.1, -0.05) is 30.0 Å². The van der Waals surface area contributed by atoms with Crippen molar-refractivity contribution >= 4 is 42.3 Å². The first kappa shape index (κ1) is 15.8. The Morgan fingerprint density at radius 3 is 2.90 bits per heavy atom. The van der Waals surface area contributed by atoms with Crippen LogP contribution in [0.5, 0.6) is 5.75 Å². The molecule has 1 aliphatic heterocycles. The molecule has 21 heavy (non-hydrogen) atoms. The van der Waals surface area contributed by atoms with Gasteiger partial charge in [0.25, 0.3) is 5.91 Å². The van der Waals surface area contributed by atoms with Crippen molar-refractivity contribution in [1.82, 2.24) is 4.90 Å². The molecule has 1 saturated heterocycles. The van der Waals surface area contributed by atoms with Gasteiger partial charge in [-0.25, -0.2) is 0 Å². The van der Waals surface area contributed by atoms with Gasteiger partial charge in [0, 0.05) is 12.1 Å². The molecule has 1 unspecified atom stereocenters. The van der Waals surface area contributed by atoms with Crippen LogP contribution in [0.15, 0.2) is 29.2 Å². The first-order chi connectivity index (χ1) is 10.0. The molecule has 7 heteroatoms. The number of amides is 1. The lowest BCUT2D eigenvalue weighted by molar-refractivity contribution is -0.137. The standard InChI is InChI=1S/C14H15NO4S2/c1-19-10-5-3-2-4-9(10)8-11-13(18)15(14(20)21-11)7-6-12(16)17/h2-5,8,14,20H,6-7H2,1H3,(H,16,17)/b11-8+. The molecule has 1 heterocycles. The van der Waals surface area contributed by atoms with Crippen LogP contribution < -0.4 is 4.74 Å². The molecule has 1 aliphatic rings. The number of carbonyl (C=O) groups excluding carboxylic acids is 1. The summed E-state index contributed by atoms with van der Waals surface area (Å²) in [5.41, 5.74) is 0.802. The predicted octanol–water partition coefficient (Wildman–Crippen LogP) is 2.30. The van der Waals surface area contributed by atoms with Crippen LogP contribution in [0.2, 0.25) is 0 Å². The van der Waals surface area contributed by atoms with Crippen molar-refractivity contribution in [2.24, 2.45) is 0 Å². The minimum atomic E-state index is -0.935. The van der Waals surface area contributed by atoms with Crippen molar-refractivity contribution in [3.05, 3.63) is 34.7 Å². The summed E-state index contributed by atoms with van der Waals surface area (Å²) in [7, 11) is 1.57. The van der Waals surface area contributed by atoms with E-state index in [1.807, 2.05) is 24.3 Å². The van der Waals surface area contributed by atoms with Crippen LogP contribution in [0.4, 0.5) is 0 Å². The topological polar surface area (TPSA) is 66.8 Å². The number of rotatable bonds is 5. The molecule has 1 aromatic carbocycles. The Bertz CT molecular complexity index is 588. The molecule has 1 aromatic rings. The molecule has 0 aromatic heterocycles. The number of nitrogens with zero attached hydrogens (tertiary/aromatic N) is 1. The van der Waals surface area contributed by atoms with Gasteiger partial charge in [0.2, 0.25) is 0 Å². The molecule has 1 fully saturated rings. The Morgan fingerprint density at radius 2 is 2.24 bits per heavy atom. The third-order valence-electron chi connectivity index (χ3n) is 2.96. The molecule has 1 atom stereocenters. The second-order valence-electron chi connectivity index (χ2n) is 4.34. The molecule has 0 spiro atoms. The highest BCUT2D eigenvalue weighted by Gasteiger charge is 2.34. The lowest BCUT2D eigenvalue weighted by Gasteiger charge is -2.17. The Kier molecular flexibility index (Phi) is 5.19. The van der Waals surface area contributed by atoms with Crippen molar-refractivity contribution in [2.75, 3.05) is 13.7 Å². The van der Waals surface area contributed by atoms with Gasteiger partial charge in [0.15, 0.2) is 0 Å². The van der Waals surface area contributed by atoms with E-state index in [-0.39, 0.29) is 23.6 Å². The highest BCUT2D eigenvalue weighted by molar-refractivity contribution is 8.14. The number of thioether (sulfide) groups is 1. The number of para-hydroxylation sites is 1. The highest BCUT2D eigenvalue weighted by atomic mass is 32.2. The van der Waals surface area contributed by atoms with Crippen molar-refractivity contribution in [3.8, 4) is 5.75 Å². The number of carboxylic acid groups (broad SMARTS) is 1. The summed E-state index contributed by atoms with van der Waals surface area (Å²) in [5.74, 6) is -0.458. The van der Waals surface area contributed by atoms with Crippen molar-refractivity contribution in [2.45, 2.75) is 11.1 Å². The third kappa shape index (κ3) is 3.74. The van der Waals surface area contributed by atoms with Gasteiger partial charge in [-0.2, -0.15) is 0 Å². The summed E-state index contributed by atoms with van der Waals surface area (Å²) in [6, 6.07) is 7.38. The van der Waals surface area contributed by atoms with Gasteiger partial charge < -0.3 is 14.7 Å². The zero-order chi connectivity index (χ0) is 15.4. The number of hydrogen-bond acceptors (Lipinski definition) is 5. The van der Waals surface area contributed by atoms with Gasteiger partial charge in [-0.15, -0.1) is 12.6 Å². The molecule has 0 aliphatic carbocycles. The molecule has 2 rings (SSSR count). The molecule has 5 nitrogen and oxygen atoms in total. The SMILES string of the molecule is COc1ccccc1/C=C1/SC(S)N(CCC(=O)O)C1=O. The fraction of sp³-hybridized carbons (Fsp3) is 0.286. The monoisotopic (exact) mass is 325 g/mol. The lowest BCUT2D eigenvalue weighted by atomic mass is 10.2. The van der Waals surface area contributed by atoms with Crippen molar-refractivity contribution in [1.29, 1.82) is 0 Å². The Labute approximate surface area is 132 Å². The lowest BCUT2D eigenvalue weighted by Crippen LogP contribution is -2.31.